The van der Waals surface area contributed by atoms with Crippen LogP contribution in [-0.2, 0) is 14.6 Å². The first-order valence-electron chi connectivity index (χ1n) is 9.95. The molecule has 1 aliphatic heterocycles. The molecule has 1 saturated heterocycles. The fourth-order valence-electron chi connectivity index (χ4n) is 4.32. The average molecular weight is 343 g/mol. The van der Waals surface area contributed by atoms with Crippen LogP contribution in [0.25, 0.3) is 0 Å². The van der Waals surface area contributed by atoms with Gasteiger partial charge in [-0.2, -0.15) is 0 Å². The second-order valence-corrected chi connectivity index (χ2v) is 7.83. The standard InChI is InChI=1S/C20H38O4/c1-6-10-16(7-2)11-15(5)13-20(9-4)14-17(8-3)18(23-24-20)12-19(21)22/h15-18H,6-14H2,1-5H3,(H,21,22)/t15?,16?,17-,18-,20+/m0/s1. The lowest BCUT2D eigenvalue weighted by Gasteiger charge is -2.44. The van der Waals surface area contributed by atoms with E-state index in [9.17, 15) is 4.79 Å². The fraction of sp³-hybridized carbons (Fsp3) is 0.950. The number of carbonyl (C=O) groups is 1. The summed E-state index contributed by atoms with van der Waals surface area (Å²) in [7, 11) is 0. The smallest absolute Gasteiger partial charge is 0.306 e. The topological polar surface area (TPSA) is 55.8 Å². The van der Waals surface area contributed by atoms with E-state index in [2.05, 4.69) is 34.6 Å². The van der Waals surface area contributed by atoms with Crippen LogP contribution in [0.5, 0.6) is 0 Å². The zero-order valence-corrected chi connectivity index (χ0v) is 16.3. The summed E-state index contributed by atoms with van der Waals surface area (Å²) in [4.78, 5) is 22.5. The second kappa shape index (κ2) is 10.4. The molecule has 0 bridgehead atoms. The van der Waals surface area contributed by atoms with Gasteiger partial charge in [0.15, 0.2) is 0 Å². The third kappa shape index (κ3) is 6.36. The molecule has 4 heteroatoms. The minimum Gasteiger partial charge on any atom is -0.481 e. The van der Waals surface area contributed by atoms with E-state index < -0.39 is 5.97 Å². The van der Waals surface area contributed by atoms with Gasteiger partial charge in [0.1, 0.15) is 11.7 Å². The zero-order chi connectivity index (χ0) is 18.2. The van der Waals surface area contributed by atoms with Gasteiger partial charge < -0.3 is 5.11 Å². The molecule has 5 atom stereocenters. The number of hydrogen-bond donors (Lipinski definition) is 1. The molecule has 1 aliphatic rings. The molecule has 4 nitrogen and oxygen atoms in total. The Morgan fingerprint density at radius 3 is 2.50 bits per heavy atom. The summed E-state index contributed by atoms with van der Waals surface area (Å²) < 4.78 is 0. The van der Waals surface area contributed by atoms with Gasteiger partial charge in [0.25, 0.3) is 0 Å². The van der Waals surface area contributed by atoms with Gasteiger partial charge in [-0.25, -0.2) is 9.78 Å². The van der Waals surface area contributed by atoms with Crippen molar-refractivity contribution in [2.75, 3.05) is 0 Å². The minimum absolute atomic E-state index is 0.0300. The molecule has 1 rings (SSSR count). The van der Waals surface area contributed by atoms with Crippen molar-refractivity contribution in [3.63, 3.8) is 0 Å². The van der Waals surface area contributed by atoms with E-state index in [1.807, 2.05) is 0 Å². The molecule has 0 aliphatic carbocycles. The first kappa shape index (κ1) is 21.4. The van der Waals surface area contributed by atoms with Crippen molar-refractivity contribution in [2.45, 2.75) is 104 Å². The van der Waals surface area contributed by atoms with E-state index in [4.69, 9.17) is 14.9 Å². The second-order valence-electron chi connectivity index (χ2n) is 7.83. The fourth-order valence-corrected chi connectivity index (χ4v) is 4.32. The van der Waals surface area contributed by atoms with Crippen LogP contribution in [0.2, 0.25) is 0 Å². The molecule has 1 heterocycles. The summed E-state index contributed by atoms with van der Waals surface area (Å²) in [6.45, 7) is 11.1. The molecule has 0 aromatic heterocycles. The molecule has 1 N–H and O–H groups in total. The molecule has 0 radical (unpaired) electrons. The number of rotatable bonds is 11. The van der Waals surface area contributed by atoms with Crippen LogP contribution >= 0.6 is 0 Å². The molecule has 2 unspecified atom stereocenters. The Morgan fingerprint density at radius 2 is 2.00 bits per heavy atom. The van der Waals surface area contributed by atoms with Gasteiger partial charge >= 0.3 is 5.97 Å². The van der Waals surface area contributed by atoms with E-state index in [1.54, 1.807) is 0 Å². The van der Waals surface area contributed by atoms with Crippen LogP contribution in [0.15, 0.2) is 0 Å². The highest BCUT2D eigenvalue weighted by atomic mass is 17.2. The van der Waals surface area contributed by atoms with E-state index in [-0.39, 0.29) is 24.0 Å². The maximum absolute atomic E-state index is 11.0. The quantitative estimate of drug-likeness (QED) is 0.497. The van der Waals surface area contributed by atoms with Crippen molar-refractivity contribution in [1.29, 1.82) is 0 Å². The average Bonchev–Trinajstić information content (AvgIpc) is 2.55. The maximum Gasteiger partial charge on any atom is 0.306 e. The van der Waals surface area contributed by atoms with Gasteiger partial charge in [-0.15, -0.1) is 0 Å². The van der Waals surface area contributed by atoms with E-state index in [0.717, 1.165) is 31.6 Å². The number of carboxylic acid groups (broad SMARTS) is 1. The van der Waals surface area contributed by atoms with E-state index in [1.165, 1.54) is 25.7 Å². The largest absolute Gasteiger partial charge is 0.481 e. The highest BCUT2D eigenvalue weighted by Crippen LogP contribution is 2.41. The molecular formula is C20H38O4. The third-order valence-electron chi connectivity index (χ3n) is 5.78. The van der Waals surface area contributed by atoms with Crippen molar-refractivity contribution in [3.8, 4) is 0 Å². The molecule has 0 amide bonds. The molecule has 1 fully saturated rings. The Labute approximate surface area is 148 Å². The maximum atomic E-state index is 11.0. The number of carboxylic acids is 1. The molecular weight excluding hydrogens is 304 g/mol. The predicted molar refractivity (Wildman–Crippen MR) is 96.7 cm³/mol. The van der Waals surface area contributed by atoms with Crippen LogP contribution in [0.1, 0.15) is 92.4 Å². The molecule has 0 aromatic rings. The van der Waals surface area contributed by atoms with Crippen molar-refractivity contribution in [2.24, 2.45) is 17.8 Å². The number of aliphatic carboxylic acids is 1. The monoisotopic (exact) mass is 342 g/mol. The van der Waals surface area contributed by atoms with Crippen molar-refractivity contribution in [3.05, 3.63) is 0 Å². The van der Waals surface area contributed by atoms with Crippen molar-refractivity contribution in [1.82, 2.24) is 0 Å². The Kier molecular flexibility index (Phi) is 9.28. The lowest BCUT2D eigenvalue weighted by Crippen LogP contribution is -2.46. The molecule has 0 aromatic carbocycles. The summed E-state index contributed by atoms with van der Waals surface area (Å²) >= 11 is 0. The Hall–Kier alpha value is -0.610. The first-order valence-corrected chi connectivity index (χ1v) is 9.95. The third-order valence-corrected chi connectivity index (χ3v) is 5.78. The summed E-state index contributed by atoms with van der Waals surface area (Å²) in [5.41, 5.74) is -0.250. The van der Waals surface area contributed by atoms with Crippen LogP contribution in [-0.4, -0.2) is 22.8 Å². The SMILES string of the molecule is CCCC(CC)CC(C)C[C@]1(CC)C[C@H](CC)[C@H](CC(=O)O)OO1. The minimum atomic E-state index is -0.815. The van der Waals surface area contributed by atoms with Crippen LogP contribution in [0.4, 0.5) is 0 Å². The van der Waals surface area contributed by atoms with Crippen LogP contribution < -0.4 is 0 Å². The lowest BCUT2D eigenvalue weighted by atomic mass is 9.75. The van der Waals surface area contributed by atoms with Gasteiger partial charge in [0.2, 0.25) is 0 Å². The Bertz CT molecular complexity index is 371. The highest BCUT2D eigenvalue weighted by Gasteiger charge is 2.43. The van der Waals surface area contributed by atoms with E-state index >= 15 is 0 Å². The summed E-state index contributed by atoms with van der Waals surface area (Å²) in [6.07, 6.45) is 8.51. The summed E-state index contributed by atoms with van der Waals surface area (Å²) in [6, 6.07) is 0. The van der Waals surface area contributed by atoms with Gasteiger partial charge in [-0.1, -0.05) is 60.3 Å². The van der Waals surface area contributed by atoms with Crippen molar-refractivity contribution < 1.29 is 19.7 Å². The first-order chi connectivity index (χ1) is 11.4. The zero-order valence-electron chi connectivity index (χ0n) is 16.3. The van der Waals surface area contributed by atoms with Crippen molar-refractivity contribution >= 4 is 5.97 Å². The van der Waals surface area contributed by atoms with Gasteiger partial charge in [-0.05, 0) is 43.4 Å². The molecule has 142 valence electrons. The summed E-state index contributed by atoms with van der Waals surface area (Å²) in [5.74, 6) is 0.841. The van der Waals surface area contributed by atoms with Gasteiger partial charge in [0, 0.05) is 0 Å². The van der Waals surface area contributed by atoms with Crippen LogP contribution in [0, 0.1) is 17.8 Å². The van der Waals surface area contributed by atoms with Gasteiger partial charge in [-0.3, -0.25) is 4.79 Å². The number of hydrogen-bond acceptors (Lipinski definition) is 3. The highest BCUT2D eigenvalue weighted by molar-refractivity contribution is 5.67. The molecule has 24 heavy (non-hydrogen) atoms. The molecule has 0 spiro atoms. The molecule has 0 saturated carbocycles. The lowest BCUT2D eigenvalue weighted by molar-refractivity contribution is -0.424. The summed E-state index contributed by atoms with van der Waals surface area (Å²) in [5, 5.41) is 9.05. The van der Waals surface area contributed by atoms with Crippen LogP contribution in [0.3, 0.4) is 0 Å². The van der Waals surface area contributed by atoms with E-state index in [0.29, 0.717) is 5.92 Å². The van der Waals surface area contributed by atoms with Gasteiger partial charge in [0.05, 0.1) is 6.42 Å². The normalized spacial score (nSPS) is 30.0. The Morgan fingerprint density at radius 1 is 1.29 bits per heavy atom. The Balaban J connectivity index is 2.67. The predicted octanol–water partition coefficient (Wildman–Crippen LogP) is 5.60.